The molecule has 0 aliphatic carbocycles. The first-order chi connectivity index (χ1) is 5.97. The Morgan fingerprint density at radius 3 is 1.08 bits per heavy atom. The van der Waals surface area contributed by atoms with Crippen LogP contribution in [0.1, 0.15) is 0 Å². The van der Waals surface area contributed by atoms with E-state index in [1.54, 1.807) is 0 Å². The molecule has 0 N–H and O–H groups in total. The third-order valence-electron chi connectivity index (χ3n) is 1.88. The van der Waals surface area contributed by atoms with Gasteiger partial charge < -0.3 is 0 Å². The van der Waals surface area contributed by atoms with E-state index in [9.17, 15) is 0 Å². The molecule has 0 aromatic heterocycles. The number of benzene rings is 2. The van der Waals surface area contributed by atoms with Crippen LogP contribution in [0.15, 0.2) is 60.7 Å². The van der Waals surface area contributed by atoms with Crippen LogP contribution >= 0.6 is 0 Å². The van der Waals surface area contributed by atoms with Crippen molar-refractivity contribution in [1.82, 2.24) is 0 Å². The van der Waals surface area contributed by atoms with Crippen LogP contribution in [0, 0.1) is 0 Å². The van der Waals surface area contributed by atoms with Crippen molar-refractivity contribution in [2.45, 2.75) is 0 Å². The van der Waals surface area contributed by atoms with Crippen LogP contribution in [0.5, 0.6) is 0 Å². The van der Waals surface area contributed by atoms with Crippen molar-refractivity contribution in [1.29, 1.82) is 0 Å². The fraction of sp³-hybridized carbons (Fsp3) is 0. The average Bonchev–Trinajstić information content (AvgIpc) is 2.21. The SMILES string of the molecule is [Cd].c1ccc(-c2ccccc2)cc1. The van der Waals surface area contributed by atoms with Crippen LogP contribution in [-0.4, -0.2) is 0 Å². The van der Waals surface area contributed by atoms with Crippen molar-refractivity contribution in [3.8, 4) is 11.1 Å². The summed E-state index contributed by atoms with van der Waals surface area (Å²) in [7, 11) is 0. The summed E-state index contributed by atoms with van der Waals surface area (Å²) in [4.78, 5) is 0. The van der Waals surface area contributed by atoms with Gasteiger partial charge in [0.15, 0.2) is 0 Å². The summed E-state index contributed by atoms with van der Waals surface area (Å²) < 4.78 is 0. The molecule has 0 heterocycles. The topological polar surface area (TPSA) is 0 Å². The standard InChI is InChI=1S/C12H10.Cd/c1-3-7-11(8-4-1)12-9-5-2-6-10-12;/h1-10H;. The first-order valence-electron chi connectivity index (χ1n) is 4.07. The molecule has 13 heavy (non-hydrogen) atoms. The zero-order valence-electron chi connectivity index (χ0n) is 7.48. The van der Waals surface area contributed by atoms with Gasteiger partial charge in [-0.15, -0.1) is 0 Å². The molecule has 0 spiro atoms. The Morgan fingerprint density at radius 2 is 0.769 bits per heavy atom. The Kier molecular flexibility index (Phi) is 4.15. The summed E-state index contributed by atoms with van der Waals surface area (Å²) in [5, 5.41) is 0. The molecular formula is C12H10Cd. The third-order valence-corrected chi connectivity index (χ3v) is 1.88. The molecule has 0 aliphatic heterocycles. The Balaban J connectivity index is 0.000000845. The summed E-state index contributed by atoms with van der Waals surface area (Å²) in [5.74, 6) is 0. The van der Waals surface area contributed by atoms with Crippen molar-refractivity contribution in [2.24, 2.45) is 0 Å². The summed E-state index contributed by atoms with van der Waals surface area (Å²) in [6, 6.07) is 20.8. The van der Waals surface area contributed by atoms with Crippen molar-refractivity contribution in [2.75, 3.05) is 0 Å². The number of hydrogen-bond donors (Lipinski definition) is 0. The molecule has 0 saturated heterocycles. The Labute approximate surface area is 98.8 Å². The second-order valence-corrected chi connectivity index (χ2v) is 2.73. The smallest absolute Gasteiger partial charge is 0 e. The van der Waals surface area contributed by atoms with E-state index in [-0.39, 0.29) is 27.3 Å². The van der Waals surface area contributed by atoms with Crippen LogP contribution in [-0.2, 0) is 27.3 Å². The molecule has 0 bridgehead atoms. The fourth-order valence-corrected chi connectivity index (χ4v) is 1.26. The van der Waals surface area contributed by atoms with E-state index in [0.717, 1.165) is 0 Å². The molecule has 0 unspecified atom stereocenters. The maximum Gasteiger partial charge on any atom is 0 e. The summed E-state index contributed by atoms with van der Waals surface area (Å²) in [5.41, 5.74) is 2.55. The molecule has 0 nitrogen and oxygen atoms in total. The van der Waals surface area contributed by atoms with Crippen LogP contribution in [0.3, 0.4) is 0 Å². The predicted molar refractivity (Wildman–Crippen MR) is 51.9 cm³/mol. The van der Waals surface area contributed by atoms with Gasteiger partial charge in [0.1, 0.15) is 0 Å². The van der Waals surface area contributed by atoms with Crippen LogP contribution in [0.2, 0.25) is 0 Å². The van der Waals surface area contributed by atoms with Crippen LogP contribution in [0.4, 0.5) is 0 Å². The molecule has 2 rings (SSSR count). The molecule has 0 amide bonds. The third kappa shape index (κ3) is 2.66. The van der Waals surface area contributed by atoms with Gasteiger partial charge in [0.25, 0.3) is 0 Å². The van der Waals surface area contributed by atoms with E-state index >= 15 is 0 Å². The zero-order chi connectivity index (χ0) is 8.23. The largest absolute Gasteiger partial charge is 0.0622 e. The van der Waals surface area contributed by atoms with E-state index in [2.05, 4.69) is 48.5 Å². The first-order valence-corrected chi connectivity index (χ1v) is 4.07. The van der Waals surface area contributed by atoms with Gasteiger partial charge in [-0.3, -0.25) is 0 Å². The molecule has 2 aromatic rings. The molecule has 0 saturated carbocycles. The van der Waals surface area contributed by atoms with Gasteiger partial charge in [-0.05, 0) is 11.1 Å². The minimum atomic E-state index is 0. The zero-order valence-corrected chi connectivity index (χ0v) is 11.5. The summed E-state index contributed by atoms with van der Waals surface area (Å²) in [6.07, 6.45) is 0. The van der Waals surface area contributed by atoms with Crippen molar-refractivity contribution in [3.63, 3.8) is 0 Å². The molecule has 0 atom stereocenters. The van der Waals surface area contributed by atoms with E-state index in [1.165, 1.54) is 11.1 Å². The van der Waals surface area contributed by atoms with E-state index in [1.807, 2.05) is 12.1 Å². The van der Waals surface area contributed by atoms with Crippen molar-refractivity contribution >= 4 is 0 Å². The average molecular weight is 267 g/mol. The van der Waals surface area contributed by atoms with Gasteiger partial charge in [0.05, 0.1) is 0 Å². The molecule has 0 fully saturated rings. The molecule has 0 radical (unpaired) electrons. The molecular weight excluding hydrogens is 257 g/mol. The monoisotopic (exact) mass is 268 g/mol. The number of rotatable bonds is 1. The fourth-order valence-electron chi connectivity index (χ4n) is 1.26. The van der Waals surface area contributed by atoms with Gasteiger partial charge in [-0.2, -0.15) is 0 Å². The Hall–Kier alpha value is -0.638. The van der Waals surface area contributed by atoms with Crippen LogP contribution in [0.25, 0.3) is 11.1 Å². The van der Waals surface area contributed by atoms with Gasteiger partial charge in [0.2, 0.25) is 0 Å². The van der Waals surface area contributed by atoms with Gasteiger partial charge in [-0.1, -0.05) is 60.7 Å². The summed E-state index contributed by atoms with van der Waals surface area (Å²) >= 11 is 0. The second-order valence-electron chi connectivity index (χ2n) is 2.73. The minimum Gasteiger partial charge on any atom is -0.0622 e. The Bertz CT molecular complexity index is 303. The van der Waals surface area contributed by atoms with Gasteiger partial charge >= 0.3 is 0 Å². The summed E-state index contributed by atoms with van der Waals surface area (Å²) in [6.45, 7) is 0. The quantitative estimate of drug-likeness (QED) is 0.695. The van der Waals surface area contributed by atoms with E-state index in [4.69, 9.17) is 0 Å². The first kappa shape index (κ1) is 10.4. The van der Waals surface area contributed by atoms with E-state index < -0.39 is 0 Å². The molecule has 2 aromatic carbocycles. The van der Waals surface area contributed by atoms with Crippen molar-refractivity contribution < 1.29 is 27.3 Å². The minimum absolute atomic E-state index is 0. The molecule has 60 valence electrons. The molecule has 0 aliphatic rings. The van der Waals surface area contributed by atoms with Gasteiger partial charge in [-0.25, -0.2) is 0 Å². The molecule has 1 heteroatoms. The van der Waals surface area contributed by atoms with Crippen molar-refractivity contribution in [3.05, 3.63) is 60.7 Å². The van der Waals surface area contributed by atoms with Gasteiger partial charge in [0, 0.05) is 27.3 Å². The van der Waals surface area contributed by atoms with Crippen LogP contribution < -0.4 is 0 Å². The second kappa shape index (κ2) is 5.17. The Morgan fingerprint density at radius 1 is 0.462 bits per heavy atom. The normalized spacial score (nSPS) is 8.92. The maximum absolute atomic E-state index is 2.12. The maximum atomic E-state index is 2.12. The van der Waals surface area contributed by atoms with E-state index in [0.29, 0.717) is 0 Å². The number of hydrogen-bond acceptors (Lipinski definition) is 0. The predicted octanol–water partition coefficient (Wildman–Crippen LogP) is 3.35.